The SMILES string of the molecule is C#CCOCC1CCC(OCC)CC1. The van der Waals surface area contributed by atoms with Crippen molar-refractivity contribution in [1.82, 2.24) is 0 Å². The summed E-state index contributed by atoms with van der Waals surface area (Å²) in [6, 6.07) is 0. The standard InChI is InChI=1S/C12H20O2/c1-3-9-13-10-11-5-7-12(8-6-11)14-4-2/h1,11-12H,4-10H2,2H3. The molecule has 0 saturated heterocycles. The van der Waals surface area contributed by atoms with Crippen LogP contribution in [0.3, 0.4) is 0 Å². The minimum Gasteiger partial charge on any atom is -0.379 e. The number of terminal acetylenes is 1. The molecule has 1 rings (SSSR count). The largest absolute Gasteiger partial charge is 0.379 e. The molecular weight excluding hydrogens is 176 g/mol. The summed E-state index contributed by atoms with van der Waals surface area (Å²) in [6.07, 6.45) is 10.4. The highest BCUT2D eigenvalue weighted by Gasteiger charge is 2.20. The Bertz CT molecular complexity index is 175. The van der Waals surface area contributed by atoms with Gasteiger partial charge >= 0.3 is 0 Å². The Morgan fingerprint density at radius 1 is 1.29 bits per heavy atom. The predicted molar refractivity (Wildman–Crippen MR) is 57.0 cm³/mol. The zero-order valence-corrected chi connectivity index (χ0v) is 9.00. The molecule has 14 heavy (non-hydrogen) atoms. The van der Waals surface area contributed by atoms with Crippen molar-refractivity contribution >= 4 is 0 Å². The number of hydrogen-bond acceptors (Lipinski definition) is 2. The van der Waals surface area contributed by atoms with E-state index in [1.807, 2.05) is 0 Å². The average Bonchev–Trinajstić information content (AvgIpc) is 2.21. The highest BCUT2D eigenvalue weighted by molar-refractivity contribution is 4.83. The number of hydrogen-bond donors (Lipinski definition) is 0. The second-order valence-corrected chi connectivity index (χ2v) is 3.82. The maximum absolute atomic E-state index is 5.58. The van der Waals surface area contributed by atoms with Gasteiger partial charge in [-0.1, -0.05) is 5.92 Å². The van der Waals surface area contributed by atoms with Crippen LogP contribution in [0.1, 0.15) is 32.6 Å². The van der Waals surface area contributed by atoms with Crippen LogP contribution >= 0.6 is 0 Å². The van der Waals surface area contributed by atoms with E-state index in [4.69, 9.17) is 15.9 Å². The van der Waals surface area contributed by atoms with E-state index in [1.165, 1.54) is 25.7 Å². The van der Waals surface area contributed by atoms with Gasteiger partial charge in [0.05, 0.1) is 12.7 Å². The van der Waals surface area contributed by atoms with Crippen molar-refractivity contribution in [3.8, 4) is 12.3 Å². The van der Waals surface area contributed by atoms with E-state index in [9.17, 15) is 0 Å². The lowest BCUT2D eigenvalue weighted by atomic mass is 9.88. The molecule has 0 aromatic carbocycles. The molecule has 0 aromatic rings. The van der Waals surface area contributed by atoms with Crippen molar-refractivity contribution in [2.75, 3.05) is 19.8 Å². The molecule has 1 aliphatic carbocycles. The highest BCUT2D eigenvalue weighted by Crippen LogP contribution is 2.26. The van der Waals surface area contributed by atoms with Crippen LogP contribution in [0.5, 0.6) is 0 Å². The lowest BCUT2D eigenvalue weighted by Gasteiger charge is -2.27. The molecule has 0 aliphatic heterocycles. The summed E-state index contributed by atoms with van der Waals surface area (Å²) >= 11 is 0. The first kappa shape index (κ1) is 11.6. The molecular formula is C12H20O2. The van der Waals surface area contributed by atoms with E-state index in [2.05, 4.69) is 12.8 Å². The van der Waals surface area contributed by atoms with E-state index in [0.29, 0.717) is 18.6 Å². The van der Waals surface area contributed by atoms with Gasteiger partial charge in [0.25, 0.3) is 0 Å². The quantitative estimate of drug-likeness (QED) is 0.496. The Kier molecular flexibility index (Phi) is 5.66. The first-order valence-corrected chi connectivity index (χ1v) is 5.49. The monoisotopic (exact) mass is 196 g/mol. The van der Waals surface area contributed by atoms with Crippen LogP contribution in [0, 0.1) is 18.3 Å². The summed E-state index contributed by atoms with van der Waals surface area (Å²) in [5.41, 5.74) is 0. The third kappa shape index (κ3) is 4.13. The van der Waals surface area contributed by atoms with Crippen molar-refractivity contribution in [2.24, 2.45) is 5.92 Å². The molecule has 0 heterocycles. The normalized spacial score (nSPS) is 27.1. The molecule has 1 aliphatic rings. The van der Waals surface area contributed by atoms with Crippen molar-refractivity contribution in [3.63, 3.8) is 0 Å². The van der Waals surface area contributed by atoms with Gasteiger partial charge in [-0.15, -0.1) is 6.42 Å². The summed E-state index contributed by atoms with van der Waals surface area (Å²) in [7, 11) is 0. The molecule has 0 aromatic heterocycles. The third-order valence-electron chi connectivity index (χ3n) is 2.74. The molecule has 0 unspecified atom stereocenters. The summed E-state index contributed by atoms with van der Waals surface area (Å²) in [5.74, 6) is 3.18. The maximum atomic E-state index is 5.58. The lowest BCUT2D eigenvalue weighted by Crippen LogP contribution is -2.24. The van der Waals surface area contributed by atoms with Crippen molar-refractivity contribution in [1.29, 1.82) is 0 Å². The van der Waals surface area contributed by atoms with E-state index in [0.717, 1.165) is 13.2 Å². The molecule has 0 amide bonds. The summed E-state index contributed by atoms with van der Waals surface area (Å²) in [6.45, 7) is 4.17. The van der Waals surface area contributed by atoms with Crippen molar-refractivity contribution in [3.05, 3.63) is 0 Å². The van der Waals surface area contributed by atoms with Crippen LogP contribution in [0.15, 0.2) is 0 Å². The highest BCUT2D eigenvalue weighted by atomic mass is 16.5. The van der Waals surface area contributed by atoms with Gasteiger partial charge in [-0.25, -0.2) is 0 Å². The molecule has 1 saturated carbocycles. The van der Waals surface area contributed by atoms with Crippen LogP contribution < -0.4 is 0 Å². The van der Waals surface area contributed by atoms with Crippen LogP contribution in [0.4, 0.5) is 0 Å². The maximum Gasteiger partial charge on any atom is 0.107 e. The van der Waals surface area contributed by atoms with Gasteiger partial charge in [-0.3, -0.25) is 0 Å². The fourth-order valence-electron chi connectivity index (χ4n) is 1.99. The molecule has 2 heteroatoms. The molecule has 0 spiro atoms. The Balaban J connectivity index is 2.07. The van der Waals surface area contributed by atoms with Crippen molar-refractivity contribution < 1.29 is 9.47 Å². The first-order valence-electron chi connectivity index (χ1n) is 5.49. The van der Waals surface area contributed by atoms with Gasteiger partial charge < -0.3 is 9.47 Å². The minimum absolute atomic E-state index is 0.450. The summed E-state index contributed by atoms with van der Waals surface area (Å²) in [5, 5.41) is 0. The van der Waals surface area contributed by atoms with Gasteiger partial charge in [-0.05, 0) is 38.5 Å². The lowest BCUT2D eigenvalue weighted by molar-refractivity contribution is 0.0114. The van der Waals surface area contributed by atoms with Crippen LogP contribution in [0.2, 0.25) is 0 Å². The molecule has 0 atom stereocenters. The number of rotatable bonds is 5. The van der Waals surface area contributed by atoms with Gasteiger partial charge in [0.15, 0.2) is 0 Å². The minimum atomic E-state index is 0.450. The fraction of sp³-hybridized carbons (Fsp3) is 0.833. The summed E-state index contributed by atoms with van der Waals surface area (Å²) < 4.78 is 10.9. The van der Waals surface area contributed by atoms with E-state index in [1.54, 1.807) is 0 Å². The fourth-order valence-corrected chi connectivity index (χ4v) is 1.99. The third-order valence-corrected chi connectivity index (χ3v) is 2.74. The molecule has 0 N–H and O–H groups in total. The first-order chi connectivity index (χ1) is 6.86. The zero-order valence-electron chi connectivity index (χ0n) is 9.00. The second-order valence-electron chi connectivity index (χ2n) is 3.82. The van der Waals surface area contributed by atoms with Crippen LogP contribution in [0.25, 0.3) is 0 Å². The van der Waals surface area contributed by atoms with Gasteiger partial charge in [0, 0.05) is 6.61 Å². The van der Waals surface area contributed by atoms with E-state index in [-0.39, 0.29) is 0 Å². The molecule has 0 radical (unpaired) electrons. The van der Waals surface area contributed by atoms with Gasteiger partial charge in [-0.2, -0.15) is 0 Å². The smallest absolute Gasteiger partial charge is 0.107 e. The van der Waals surface area contributed by atoms with Crippen molar-refractivity contribution in [2.45, 2.75) is 38.7 Å². The van der Waals surface area contributed by atoms with Crippen LogP contribution in [-0.2, 0) is 9.47 Å². The zero-order chi connectivity index (χ0) is 10.2. The Labute approximate surface area is 87.0 Å². The number of ether oxygens (including phenoxy) is 2. The van der Waals surface area contributed by atoms with Gasteiger partial charge in [0.2, 0.25) is 0 Å². The predicted octanol–water partition coefficient (Wildman–Crippen LogP) is 2.23. The molecule has 0 bridgehead atoms. The van der Waals surface area contributed by atoms with Gasteiger partial charge in [0.1, 0.15) is 6.61 Å². The summed E-state index contributed by atoms with van der Waals surface area (Å²) in [4.78, 5) is 0. The Hall–Kier alpha value is -0.520. The second kappa shape index (κ2) is 6.86. The molecule has 80 valence electrons. The van der Waals surface area contributed by atoms with E-state index >= 15 is 0 Å². The molecule has 1 fully saturated rings. The Morgan fingerprint density at radius 3 is 2.57 bits per heavy atom. The average molecular weight is 196 g/mol. The Morgan fingerprint density at radius 2 is 2.00 bits per heavy atom. The molecule has 2 nitrogen and oxygen atoms in total. The van der Waals surface area contributed by atoms with E-state index < -0.39 is 0 Å². The van der Waals surface area contributed by atoms with Crippen LogP contribution in [-0.4, -0.2) is 25.9 Å². The topological polar surface area (TPSA) is 18.5 Å².